The van der Waals surface area contributed by atoms with E-state index in [1.54, 1.807) is 0 Å². The average Bonchev–Trinajstić information content (AvgIpc) is 2.87. The summed E-state index contributed by atoms with van der Waals surface area (Å²) in [6.07, 6.45) is 5.40. The average molecular weight is 267 g/mol. The first kappa shape index (κ1) is 13.8. The molecular formula is C15H29N3O. The summed E-state index contributed by atoms with van der Waals surface area (Å²) < 4.78 is 5.37. The number of nitrogens with two attached hydrogens (primary N) is 1. The zero-order valence-electron chi connectivity index (χ0n) is 12.3. The number of methoxy groups -OCH3 is 1. The second kappa shape index (κ2) is 6.08. The molecule has 0 aliphatic carbocycles. The molecule has 4 fully saturated rings. The largest absolute Gasteiger partial charge is 0.383 e. The van der Waals surface area contributed by atoms with Crippen LogP contribution in [0.4, 0.5) is 0 Å². The van der Waals surface area contributed by atoms with E-state index in [0.717, 1.165) is 25.0 Å². The van der Waals surface area contributed by atoms with Crippen molar-refractivity contribution in [1.29, 1.82) is 0 Å². The second-order valence-electron chi connectivity index (χ2n) is 6.68. The molecule has 5 unspecified atom stereocenters. The van der Waals surface area contributed by atoms with Crippen LogP contribution >= 0.6 is 0 Å². The molecule has 110 valence electrons. The molecule has 2 N–H and O–H groups in total. The summed E-state index contributed by atoms with van der Waals surface area (Å²) in [6.45, 7) is 6.88. The topological polar surface area (TPSA) is 41.7 Å². The molecule has 0 aromatic rings. The third-order valence-electron chi connectivity index (χ3n) is 5.61. The number of likely N-dealkylation sites (tertiary alicyclic amines) is 1. The summed E-state index contributed by atoms with van der Waals surface area (Å²) in [4.78, 5) is 5.33. The molecule has 4 aliphatic heterocycles. The summed E-state index contributed by atoms with van der Waals surface area (Å²) in [5.41, 5.74) is 5.89. The van der Waals surface area contributed by atoms with Crippen molar-refractivity contribution in [1.82, 2.24) is 9.80 Å². The fraction of sp³-hybridized carbons (Fsp3) is 1.00. The maximum absolute atomic E-state index is 5.89. The van der Waals surface area contributed by atoms with Crippen molar-refractivity contribution in [2.24, 2.45) is 17.6 Å². The van der Waals surface area contributed by atoms with Gasteiger partial charge in [0.05, 0.1) is 6.61 Å². The highest BCUT2D eigenvalue weighted by molar-refractivity contribution is 4.95. The zero-order valence-corrected chi connectivity index (χ0v) is 12.3. The Balaban J connectivity index is 1.56. The third kappa shape index (κ3) is 2.82. The van der Waals surface area contributed by atoms with Gasteiger partial charge in [0.2, 0.25) is 0 Å². The molecule has 2 bridgehead atoms. The molecule has 0 saturated carbocycles. The van der Waals surface area contributed by atoms with Crippen LogP contribution in [0.3, 0.4) is 0 Å². The molecule has 4 heterocycles. The highest BCUT2D eigenvalue weighted by Crippen LogP contribution is 2.37. The molecule has 0 aromatic carbocycles. The summed E-state index contributed by atoms with van der Waals surface area (Å²) in [5, 5.41) is 0. The number of rotatable bonds is 5. The van der Waals surface area contributed by atoms with Gasteiger partial charge in [-0.2, -0.15) is 0 Å². The fourth-order valence-electron chi connectivity index (χ4n) is 4.52. The highest BCUT2D eigenvalue weighted by atomic mass is 16.5. The number of hydrogen-bond acceptors (Lipinski definition) is 4. The fourth-order valence-corrected chi connectivity index (χ4v) is 4.52. The lowest BCUT2D eigenvalue weighted by molar-refractivity contribution is -0.0145. The van der Waals surface area contributed by atoms with Gasteiger partial charge in [-0.15, -0.1) is 0 Å². The summed E-state index contributed by atoms with van der Waals surface area (Å²) in [7, 11) is 1.83. The van der Waals surface area contributed by atoms with Gasteiger partial charge in [-0.3, -0.25) is 9.80 Å². The predicted octanol–water partition coefficient (Wildman–Crippen LogP) is 0.766. The van der Waals surface area contributed by atoms with Crippen molar-refractivity contribution in [2.45, 2.75) is 37.8 Å². The van der Waals surface area contributed by atoms with Crippen LogP contribution < -0.4 is 5.73 Å². The Bertz CT molecular complexity index is 299. The normalized spacial score (nSPS) is 42.9. The maximum atomic E-state index is 5.89. The summed E-state index contributed by atoms with van der Waals surface area (Å²) in [6, 6.07) is 1.34. The van der Waals surface area contributed by atoms with E-state index in [9.17, 15) is 0 Å². The van der Waals surface area contributed by atoms with Crippen LogP contribution in [0.15, 0.2) is 0 Å². The predicted molar refractivity (Wildman–Crippen MR) is 77.1 cm³/mol. The second-order valence-corrected chi connectivity index (χ2v) is 6.68. The minimum Gasteiger partial charge on any atom is -0.383 e. The van der Waals surface area contributed by atoms with E-state index in [4.69, 9.17) is 10.5 Å². The van der Waals surface area contributed by atoms with Crippen molar-refractivity contribution in [3.05, 3.63) is 0 Å². The quantitative estimate of drug-likeness (QED) is 0.799. The minimum atomic E-state index is 0.670. The molecule has 19 heavy (non-hydrogen) atoms. The highest BCUT2D eigenvalue weighted by Gasteiger charge is 2.40. The lowest BCUT2D eigenvalue weighted by Gasteiger charge is -2.50. The molecule has 0 radical (unpaired) electrons. The van der Waals surface area contributed by atoms with Gasteiger partial charge in [0.15, 0.2) is 0 Å². The molecule has 5 atom stereocenters. The SMILES string of the molecule is COCC1CCCN1CC1CN2CCC1CC2CN. The molecule has 4 heteroatoms. The van der Waals surface area contributed by atoms with E-state index < -0.39 is 0 Å². The van der Waals surface area contributed by atoms with Gasteiger partial charge in [0, 0.05) is 38.8 Å². The van der Waals surface area contributed by atoms with Crippen LogP contribution in [-0.4, -0.2) is 68.3 Å². The molecule has 4 aliphatic rings. The minimum absolute atomic E-state index is 0.670. The van der Waals surface area contributed by atoms with Crippen molar-refractivity contribution in [3.8, 4) is 0 Å². The van der Waals surface area contributed by atoms with E-state index >= 15 is 0 Å². The lowest BCUT2D eigenvalue weighted by atomic mass is 9.75. The molecule has 4 rings (SSSR count). The molecule has 4 nitrogen and oxygen atoms in total. The lowest BCUT2D eigenvalue weighted by Crippen LogP contribution is -2.58. The number of hydrogen-bond donors (Lipinski definition) is 1. The van der Waals surface area contributed by atoms with Gasteiger partial charge in [0.25, 0.3) is 0 Å². The Hall–Kier alpha value is -0.160. The van der Waals surface area contributed by atoms with Gasteiger partial charge in [-0.25, -0.2) is 0 Å². The first-order valence-electron chi connectivity index (χ1n) is 7.99. The van der Waals surface area contributed by atoms with Gasteiger partial charge in [0.1, 0.15) is 0 Å². The number of nitrogens with zero attached hydrogens (tertiary/aromatic N) is 2. The van der Waals surface area contributed by atoms with E-state index in [0.29, 0.717) is 12.1 Å². The van der Waals surface area contributed by atoms with E-state index in [2.05, 4.69) is 9.80 Å². The Morgan fingerprint density at radius 2 is 2.11 bits per heavy atom. The summed E-state index contributed by atoms with van der Waals surface area (Å²) in [5.74, 6) is 1.79. The molecular weight excluding hydrogens is 238 g/mol. The van der Waals surface area contributed by atoms with Crippen molar-refractivity contribution in [2.75, 3.05) is 46.4 Å². The standard InChI is InChI=1S/C15H29N3O/c1-19-11-14-3-2-5-17(14)9-13-10-18-6-4-12(13)7-15(18)8-16/h12-15H,2-11,16H2,1H3. The van der Waals surface area contributed by atoms with Gasteiger partial charge < -0.3 is 10.5 Å². The van der Waals surface area contributed by atoms with Crippen LogP contribution in [0.2, 0.25) is 0 Å². The number of piperidine rings is 3. The van der Waals surface area contributed by atoms with Crippen molar-refractivity contribution in [3.63, 3.8) is 0 Å². The molecule has 0 aromatic heterocycles. The monoisotopic (exact) mass is 267 g/mol. The Morgan fingerprint density at radius 1 is 1.21 bits per heavy atom. The van der Waals surface area contributed by atoms with Crippen LogP contribution in [-0.2, 0) is 4.74 Å². The summed E-state index contributed by atoms with van der Waals surface area (Å²) >= 11 is 0. The Labute approximate surface area is 117 Å². The van der Waals surface area contributed by atoms with Crippen LogP contribution in [0.1, 0.15) is 25.7 Å². The van der Waals surface area contributed by atoms with Gasteiger partial charge >= 0.3 is 0 Å². The number of ether oxygens (including phenoxy) is 1. The molecule has 0 amide bonds. The molecule has 0 spiro atoms. The van der Waals surface area contributed by atoms with Crippen LogP contribution in [0.25, 0.3) is 0 Å². The van der Waals surface area contributed by atoms with E-state index in [1.807, 2.05) is 7.11 Å². The Kier molecular flexibility index (Phi) is 4.42. The van der Waals surface area contributed by atoms with E-state index in [-0.39, 0.29) is 0 Å². The van der Waals surface area contributed by atoms with Gasteiger partial charge in [-0.05, 0) is 50.6 Å². The number of fused-ring (bicyclic) bond motifs is 3. The van der Waals surface area contributed by atoms with Crippen LogP contribution in [0, 0.1) is 11.8 Å². The maximum Gasteiger partial charge on any atom is 0.0618 e. The van der Waals surface area contributed by atoms with E-state index in [1.165, 1.54) is 51.9 Å². The zero-order chi connectivity index (χ0) is 13.2. The van der Waals surface area contributed by atoms with Gasteiger partial charge in [-0.1, -0.05) is 0 Å². The van der Waals surface area contributed by atoms with Crippen molar-refractivity contribution < 1.29 is 4.74 Å². The first-order valence-corrected chi connectivity index (χ1v) is 7.99. The first-order chi connectivity index (χ1) is 9.31. The third-order valence-corrected chi connectivity index (χ3v) is 5.61. The molecule has 4 saturated heterocycles. The smallest absolute Gasteiger partial charge is 0.0618 e. The Morgan fingerprint density at radius 3 is 2.79 bits per heavy atom. The van der Waals surface area contributed by atoms with Crippen molar-refractivity contribution >= 4 is 0 Å². The van der Waals surface area contributed by atoms with Crippen LogP contribution in [0.5, 0.6) is 0 Å².